The molecular weight excluding hydrogens is 287 g/mol. The molecule has 0 saturated heterocycles. The summed E-state index contributed by atoms with van der Waals surface area (Å²) in [6.45, 7) is 2.86. The Morgan fingerprint density at radius 3 is 2.33 bits per heavy atom. The van der Waals surface area contributed by atoms with E-state index in [1.54, 1.807) is 0 Å². The van der Waals surface area contributed by atoms with Gasteiger partial charge < -0.3 is 0 Å². The van der Waals surface area contributed by atoms with E-state index in [1.165, 1.54) is 16.7 Å². The Hall–Kier alpha value is -1.08. The van der Waals surface area contributed by atoms with Crippen LogP contribution in [0.15, 0.2) is 54.6 Å². The molecule has 0 atom stereocenters. The molecular formula is C16H18OSe. The van der Waals surface area contributed by atoms with E-state index >= 15 is 0 Å². The molecule has 0 saturated carbocycles. The minimum atomic E-state index is 0.532. The second-order valence-electron chi connectivity index (χ2n) is 4.29. The first-order valence-corrected chi connectivity index (χ1v) is 8.52. The van der Waals surface area contributed by atoms with Crippen LogP contribution in [0.1, 0.15) is 16.7 Å². The minimum absolute atomic E-state index is 0.532. The maximum atomic E-state index is 5.69. The van der Waals surface area contributed by atoms with E-state index < -0.39 is 0 Å². The van der Waals surface area contributed by atoms with Crippen LogP contribution in [-0.2, 0) is 16.7 Å². The van der Waals surface area contributed by atoms with Gasteiger partial charge in [-0.1, -0.05) is 0 Å². The molecule has 18 heavy (non-hydrogen) atoms. The third-order valence-corrected chi connectivity index (χ3v) is 4.49. The molecule has 1 nitrogen and oxygen atoms in total. The summed E-state index contributed by atoms with van der Waals surface area (Å²) >= 11 is 0.532. The molecule has 0 N–H and O–H groups in total. The average Bonchev–Trinajstić information content (AvgIpc) is 2.42. The monoisotopic (exact) mass is 306 g/mol. The molecule has 2 aromatic carbocycles. The van der Waals surface area contributed by atoms with Crippen LogP contribution in [0.5, 0.6) is 0 Å². The Kier molecular flexibility index (Phi) is 5.47. The molecule has 0 aromatic heterocycles. The fourth-order valence-electron chi connectivity index (χ4n) is 1.64. The Labute approximate surface area is 115 Å². The summed E-state index contributed by atoms with van der Waals surface area (Å²) in [5.41, 5.74) is 4.88. The van der Waals surface area contributed by atoms with Crippen molar-refractivity contribution in [3.05, 3.63) is 71.3 Å². The van der Waals surface area contributed by atoms with Crippen molar-refractivity contribution in [2.75, 3.05) is 5.51 Å². The molecule has 2 heteroatoms. The number of rotatable bonds is 6. The van der Waals surface area contributed by atoms with Crippen LogP contribution in [0.3, 0.4) is 0 Å². The first kappa shape index (κ1) is 13.4. The summed E-state index contributed by atoms with van der Waals surface area (Å²) in [6, 6.07) is 19.1. The number of hydrogen-bond acceptors (Lipinski definition) is 1. The van der Waals surface area contributed by atoms with Gasteiger partial charge in [0.25, 0.3) is 0 Å². The van der Waals surface area contributed by atoms with Gasteiger partial charge in [0.1, 0.15) is 0 Å². The molecule has 2 aromatic rings. The molecule has 0 bridgehead atoms. The third-order valence-electron chi connectivity index (χ3n) is 2.67. The second-order valence-corrected chi connectivity index (χ2v) is 6.24. The van der Waals surface area contributed by atoms with Crippen molar-refractivity contribution in [3.8, 4) is 0 Å². The van der Waals surface area contributed by atoms with Gasteiger partial charge in [-0.3, -0.25) is 0 Å². The van der Waals surface area contributed by atoms with E-state index in [-0.39, 0.29) is 0 Å². The van der Waals surface area contributed by atoms with E-state index in [0.29, 0.717) is 15.0 Å². The van der Waals surface area contributed by atoms with Gasteiger partial charge in [0.05, 0.1) is 0 Å². The van der Waals surface area contributed by atoms with E-state index in [2.05, 4.69) is 55.5 Å². The predicted molar refractivity (Wildman–Crippen MR) is 76.7 cm³/mol. The standard InChI is InChI=1S/C16H18OSe/c1-14-7-9-16(10-8-14)12-18-13-17-11-15-5-3-2-4-6-15/h2-10H,11-13H2,1H3. The van der Waals surface area contributed by atoms with Crippen molar-refractivity contribution in [1.82, 2.24) is 0 Å². The molecule has 0 unspecified atom stereocenters. The van der Waals surface area contributed by atoms with E-state index in [9.17, 15) is 0 Å². The maximum absolute atomic E-state index is 5.69. The fraction of sp³-hybridized carbons (Fsp3) is 0.250. The summed E-state index contributed by atoms with van der Waals surface area (Å²) in [6.07, 6.45) is 0. The molecule has 2 rings (SSSR count). The van der Waals surface area contributed by atoms with Crippen LogP contribution >= 0.6 is 0 Å². The quantitative estimate of drug-likeness (QED) is 0.587. The Morgan fingerprint density at radius 2 is 1.61 bits per heavy atom. The van der Waals surface area contributed by atoms with Gasteiger partial charge in [-0.15, -0.1) is 0 Å². The fourth-order valence-corrected chi connectivity index (χ4v) is 3.13. The van der Waals surface area contributed by atoms with Gasteiger partial charge in [-0.2, -0.15) is 0 Å². The van der Waals surface area contributed by atoms with E-state index in [0.717, 1.165) is 17.4 Å². The summed E-state index contributed by atoms with van der Waals surface area (Å²) < 4.78 is 5.69. The van der Waals surface area contributed by atoms with Crippen molar-refractivity contribution in [3.63, 3.8) is 0 Å². The van der Waals surface area contributed by atoms with Gasteiger partial charge in [-0.25, -0.2) is 0 Å². The van der Waals surface area contributed by atoms with E-state index in [4.69, 9.17) is 4.74 Å². The Morgan fingerprint density at radius 1 is 0.889 bits per heavy atom. The first-order valence-electron chi connectivity index (χ1n) is 6.09. The molecule has 0 aliphatic heterocycles. The molecule has 0 heterocycles. The number of ether oxygens (including phenoxy) is 1. The van der Waals surface area contributed by atoms with Crippen molar-refractivity contribution in [1.29, 1.82) is 0 Å². The van der Waals surface area contributed by atoms with Gasteiger partial charge >= 0.3 is 115 Å². The SMILES string of the molecule is Cc1ccc(C[Se]COCc2ccccc2)cc1. The predicted octanol–water partition coefficient (Wildman–Crippen LogP) is 3.37. The zero-order valence-corrected chi connectivity index (χ0v) is 12.3. The molecule has 0 radical (unpaired) electrons. The van der Waals surface area contributed by atoms with Gasteiger partial charge in [0.15, 0.2) is 0 Å². The molecule has 0 aliphatic rings. The first-order chi connectivity index (χ1) is 8.84. The average molecular weight is 305 g/mol. The zero-order valence-electron chi connectivity index (χ0n) is 10.6. The van der Waals surface area contributed by atoms with Crippen molar-refractivity contribution in [2.45, 2.75) is 18.8 Å². The second kappa shape index (κ2) is 7.38. The van der Waals surface area contributed by atoms with Crippen LogP contribution in [-0.4, -0.2) is 20.5 Å². The van der Waals surface area contributed by atoms with Gasteiger partial charge in [0.2, 0.25) is 0 Å². The molecule has 0 fully saturated rings. The molecule has 94 valence electrons. The van der Waals surface area contributed by atoms with Crippen LogP contribution in [0.25, 0.3) is 0 Å². The van der Waals surface area contributed by atoms with Crippen LogP contribution in [0.4, 0.5) is 0 Å². The number of aryl methyl sites for hydroxylation is 1. The topological polar surface area (TPSA) is 9.23 Å². The van der Waals surface area contributed by atoms with Gasteiger partial charge in [-0.05, 0) is 0 Å². The van der Waals surface area contributed by atoms with Crippen molar-refractivity contribution in [2.24, 2.45) is 0 Å². The summed E-state index contributed by atoms with van der Waals surface area (Å²) in [4.78, 5) is 0. The van der Waals surface area contributed by atoms with Crippen molar-refractivity contribution < 1.29 is 4.74 Å². The molecule has 0 amide bonds. The normalized spacial score (nSPS) is 10.5. The summed E-state index contributed by atoms with van der Waals surface area (Å²) in [7, 11) is 0. The van der Waals surface area contributed by atoms with Crippen LogP contribution in [0.2, 0.25) is 0 Å². The Bertz CT molecular complexity index is 450. The summed E-state index contributed by atoms with van der Waals surface area (Å²) in [5.74, 6) is 0. The number of hydrogen-bond donors (Lipinski definition) is 0. The number of benzene rings is 2. The third kappa shape index (κ3) is 4.66. The van der Waals surface area contributed by atoms with Crippen LogP contribution < -0.4 is 0 Å². The zero-order chi connectivity index (χ0) is 12.6. The summed E-state index contributed by atoms with van der Waals surface area (Å²) in [5, 5.41) is 1.15. The van der Waals surface area contributed by atoms with Gasteiger partial charge in [0, 0.05) is 0 Å². The van der Waals surface area contributed by atoms with Crippen molar-refractivity contribution >= 4 is 15.0 Å². The molecule has 0 spiro atoms. The van der Waals surface area contributed by atoms with E-state index in [1.807, 2.05) is 6.07 Å². The molecule has 0 aliphatic carbocycles. The van der Waals surface area contributed by atoms with Crippen LogP contribution in [0, 0.1) is 6.92 Å². The Balaban J connectivity index is 1.63.